The van der Waals surface area contributed by atoms with Crippen LogP contribution >= 0.6 is 0 Å². The second kappa shape index (κ2) is 6.24. The number of carbonyl (C=O) groups excluding carboxylic acids is 1. The van der Waals surface area contributed by atoms with Gasteiger partial charge in [-0.05, 0) is 18.6 Å². The van der Waals surface area contributed by atoms with Crippen LogP contribution in [0.25, 0.3) is 5.65 Å². The summed E-state index contributed by atoms with van der Waals surface area (Å²) in [5, 5.41) is 2.96. The van der Waals surface area contributed by atoms with Crippen LogP contribution in [0.3, 0.4) is 0 Å². The van der Waals surface area contributed by atoms with Gasteiger partial charge in [-0.15, -0.1) is 0 Å². The molecule has 1 aliphatic rings. The molecule has 112 valence electrons. The van der Waals surface area contributed by atoms with E-state index >= 15 is 0 Å². The number of nitrogens with one attached hydrogen (secondary N) is 1. The number of aromatic nitrogens is 2. The topological polar surface area (TPSA) is 58.9 Å². The van der Waals surface area contributed by atoms with Gasteiger partial charge in [0.1, 0.15) is 11.3 Å². The number of imidazole rings is 1. The minimum atomic E-state index is -0.0821. The van der Waals surface area contributed by atoms with E-state index in [2.05, 4.69) is 15.2 Å². The van der Waals surface area contributed by atoms with Gasteiger partial charge in [-0.3, -0.25) is 14.1 Å². The average molecular weight is 288 g/mol. The lowest BCUT2D eigenvalue weighted by atomic mass is 10.3. The van der Waals surface area contributed by atoms with E-state index in [1.807, 2.05) is 29.7 Å². The Morgan fingerprint density at radius 2 is 2.19 bits per heavy atom. The molecule has 1 fully saturated rings. The lowest BCUT2D eigenvalue weighted by Gasteiger charge is -2.26. The lowest BCUT2D eigenvalue weighted by Crippen LogP contribution is -2.41. The van der Waals surface area contributed by atoms with Crippen molar-refractivity contribution in [1.29, 1.82) is 0 Å². The van der Waals surface area contributed by atoms with Crippen molar-refractivity contribution in [1.82, 2.24) is 19.6 Å². The minimum Gasteiger partial charge on any atom is -0.379 e. The third-order valence-corrected chi connectivity index (χ3v) is 3.70. The molecule has 0 atom stereocenters. The summed E-state index contributed by atoms with van der Waals surface area (Å²) in [7, 11) is 0. The van der Waals surface area contributed by atoms with Gasteiger partial charge in [0.25, 0.3) is 5.91 Å². The number of nitrogens with zero attached hydrogens (tertiary/aromatic N) is 3. The number of amides is 1. The van der Waals surface area contributed by atoms with Crippen molar-refractivity contribution in [2.45, 2.75) is 6.92 Å². The van der Waals surface area contributed by atoms with Crippen LogP contribution in [-0.4, -0.2) is 59.6 Å². The first kappa shape index (κ1) is 14.0. The van der Waals surface area contributed by atoms with E-state index in [-0.39, 0.29) is 5.91 Å². The Kier molecular flexibility index (Phi) is 4.17. The molecule has 2 aromatic heterocycles. The van der Waals surface area contributed by atoms with E-state index in [0.717, 1.165) is 44.1 Å². The summed E-state index contributed by atoms with van der Waals surface area (Å²) >= 11 is 0. The van der Waals surface area contributed by atoms with Crippen molar-refractivity contribution >= 4 is 11.6 Å². The Morgan fingerprint density at radius 1 is 1.38 bits per heavy atom. The number of hydrogen-bond donors (Lipinski definition) is 1. The normalized spacial score (nSPS) is 16.2. The third kappa shape index (κ3) is 3.22. The summed E-state index contributed by atoms with van der Waals surface area (Å²) in [6, 6.07) is 3.91. The fraction of sp³-hybridized carbons (Fsp3) is 0.467. The fourth-order valence-corrected chi connectivity index (χ4v) is 2.50. The quantitative estimate of drug-likeness (QED) is 0.900. The summed E-state index contributed by atoms with van der Waals surface area (Å²) in [6.07, 6.45) is 3.55. The predicted octanol–water partition coefficient (Wildman–Crippen LogP) is 0.705. The molecule has 0 saturated carbocycles. The van der Waals surface area contributed by atoms with Crippen molar-refractivity contribution in [3.8, 4) is 0 Å². The molecule has 21 heavy (non-hydrogen) atoms. The first-order valence-corrected chi connectivity index (χ1v) is 7.26. The highest BCUT2D eigenvalue weighted by Gasteiger charge is 2.13. The van der Waals surface area contributed by atoms with Crippen LogP contribution in [0.5, 0.6) is 0 Å². The Hall–Kier alpha value is -1.92. The molecule has 0 unspecified atom stereocenters. The fourth-order valence-electron chi connectivity index (χ4n) is 2.50. The van der Waals surface area contributed by atoms with Crippen molar-refractivity contribution in [2.24, 2.45) is 0 Å². The van der Waals surface area contributed by atoms with Gasteiger partial charge in [0, 0.05) is 32.4 Å². The number of aryl methyl sites for hydroxylation is 1. The molecule has 0 spiro atoms. The zero-order valence-electron chi connectivity index (χ0n) is 12.2. The highest BCUT2D eigenvalue weighted by atomic mass is 16.5. The number of carbonyl (C=O) groups is 1. The number of rotatable bonds is 4. The van der Waals surface area contributed by atoms with E-state index in [1.54, 1.807) is 6.20 Å². The molecule has 3 heterocycles. The molecule has 0 aromatic carbocycles. The first-order chi connectivity index (χ1) is 10.2. The number of ether oxygens (including phenoxy) is 1. The molecule has 0 aliphatic carbocycles. The van der Waals surface area contributed by atoms with Crippen molar-refractivity contribution in [3.05, 3.63) is 35.8 Å². The summed E-state index contributed by atoms with van der Waals surface area (Å²) in [6.45, 7) is 6.92. The van der Waals surface area contributed by atoms with Gasteiger partial charge < -0.3 is 10.1 Å². The van der Waals surface area contributed by atoms with Crippen LogP contribution in [-0.2, 0) is 4.74 Å². The molecule has 1 amide bonds. The maximum Gasteiger partial charge on any atom is 0.269 e. The summed E-state index contributed by atoms with van der Waals surface area (Å²) in [5.41, 5.74) is 2.47. The lowest BCUT2D eigenvalue weighted by molar-refractivity contribution is 0.0383. The number of pyridine rings is 1. The van der Waals surface area contributed by atoms with Crippen molar-refractivity contribution in [2.75, 3.05) is 39.4 Å². The molecular formula is C15H20N4O2. The second-order valence-corrected chi connectivity index (χ2v) is 5.29. The van der Waals surface area contributed by atoms with Crippen LogP contribution < -0.4 is 5.32 Å². The number of hydrogen-bond acceptors (Lipinski definition) is 4. The molecule has 0 bridgehead atoms. The van der Waals surface area contributed by atoms with Gasteiger partial charge in [-0.25, -0.2) is 4.98 Å². The summed E-state index contributed by atoms with van der Waals surface area (Å²) in [4.78, 5) is 18.8. The van der Waals surface area contributed by atoms with E-state index in [4.69, 9.17) is 4.74 Å². The summed E-state index contributed by atoms with van der Waals surface area (Å²) in [5.74, 6) is -0.0821. The van der Waals surface area contributed by atoms with Crippen molar-refractivity contribution < 1.29 is 9.53 Å². The highest BCUT2D eigenvalue weighted by molar-refractivity contribution is 5.93. The Morgan fingerprint density at radius 3 is 3.00 bits per heavy atom. The van der Waals surface area contributed by atoms with E-state index in [9.17, 15) is 4.79 Å². The molecular weight excluding hydrogens is 268 g/mol. The van der Waals surface area contributed by atoms with E-state index in [1.165, 1.54) is 0 Å². The summed E-state index contributed by atoms with van der Waals surface area (Å²) < 4.78 is 7.14. The van der Waals surface area contributed by atoms with Gasteiger partial charge >= 0.3 is 0 Å². The SMILES string of the molecule is Cc1ccc2ncc(C(=O)NCCN3CCOCC3)n2c1. The molecule has 1 aliphatic heterocycles. The van der Waals surface area contributed by atoms with Gasteiger partial charge in [-0.1, -0.05) is 6.07 Å². The Labute approximate surface area is 123 Å². The minimum absolute atomic E-state index is 0.0821. The third-order valence-electron chi connectivity index (χ3n) is 3.70. The van der Waals surface area contributed by atoms with Crippen LogP contribution in [0.2, 0.25) is 0 Å². The molecule has 6 nitrogen and oxygen atoms in total. The number of fused-ring (bicyclic) bond motifs is 1. The van der Waals surface area contributed by atoms with Crippen LogP contribution in [0.1, 0.15) is 16.1 Å². The Bertz CT molecular complexity index is 632. The monoisotopic (exact) mass is 288 g/mol. The van der Waals surface area contributed by atoms with Gasteiger partial charge in [-0.2, -0.15) is 0 Å². The molecule has 3 rings (SSSR count). The zero-order valence-corrected chi connectivity index (χ0v) is 12.2. The molecule has 1 N–H and O–H groups in total. The Balaban J connectivity index is 1.60. The average Bonchev–Trinajstić information content (AvgIpc) is 2.91. The van der Waals surface area contributed by atoms with Crippen LogP contribution in [0, 0.1) is 6.92 Å². The maximum atomic E-state index is 12.3. The standard InChI is InChI=1S/C15H20N4O2/c1-12-2-3-14-17-10-13(19(14)11-12)15(20)16-4-5-18-6-8-21-9-7-18/h2-3,10-11H,4-9H2,1H3,(H,16,20). The zero-order chi connectivity index (χ0) is 14.7. The molecule has 6 heteroatoms. The second-order valence-electron chi connectivity index (χ2n) is 5.29. The largest absolute Gasteiger partial charge is 0.379 e. The van der Waals surface area contributed by atoms with E-state index < -0.39 is 0 Å². The molecule has 0 radical (unpaired) electrons. The van der Waals surface area contributed by atoms with Gasteiger partial charge in [0.15, 0.2) is 0 Å². The van der Waals surface area contributed by atoms with Crippen molar-refractivity contribution in [3.63, 3.8) is 0 Å². The first-order valence-electron chi connectivity index (χ1n) is 7.26. The molecule has 1 saturated heterocycles. The van der Waals surface area contributed by atoms with Gasteiger partial charge in [0.05, 0.1) is 19.4 Å². The van der Waals surface area contributed by atoms with Crippen LogP contribution in [0.4, 0.5) is 0 Å². The molecule has 2 aromatic rings. The van der Waals surface area contributed by atoms with Gasteiger partial charge in [0.2, 0.25) is 0 Å². The smallest absolute Gasteiger partial charge is 0.269 e. The predicted molar refractivity (Wildman–Crippen MR) is 79.5 cm³/mol. The number of morpholine rings is 1. The highest BCUT2D eigenvalue weighted by Crippen LogP contribution is 2.08. The maximum absolute atomic E-state index is 12.3. The van der Waals surface area contributed by atoms with E-state index in [0.29, 0.717) is 12.2 Å². The van der Waals surface area contributed by atoms with Crippen LogP contribution in [0.15, 0.2) is 24.5 Å².